The Morgan fingerprint density at radius 2 is 1.84 bits per heavy atom. The number of halogens is 2. The van der Waals surface area contributed by atoms with E-state index in [0.717, 1.165) is 0 Å². The lowest BCUT2D eigenvalue weighted by atomic mass is 10.0. The first-order chi connectivity index (χ1) is 11.9. The lowest BCUT2D eigenvalue weighted by Crippen LogP contribution is -2.16. The molecule has 2 aromatic rings. The summed E-state index contributed by atoms with van der Waals surface area (Å²) in [4.78, 5) is 24.2. The highest BCUT2D eigenvalue weighted by Gasteiger charge is 2.17. The summed E-state index contributed by atoms with van der Waals surface area (Å²) < 4.78 is 5.02. The number of ketones is 1. The van der Waals surface area contributed by atoms with Crippen LogP contribution in [0.5, 0.6) is 0 Å². The molecule has 2 rings (SSSR count). The fourth-order valence-electron chi connectivity index (χ4n) is 2.10. The molecule has 4 nitrogen and oxygen atoms in total. The minimum Gasteiger partial charge on any atom is -0.460 e. The number of hydrogen-bond acceptors (Lipinski definition) is 4. The van der Waals surface area contributed by atoms with Crippen LogP contribution >= 0.6 is 23.2 Å². The SMILES string of the molecule is C=C(C)C(=O)OCCNc1ccc(Cl)cc1C(=O)c1ccccc1Cl. The highest BCUT2D eigenvalue weighted by atomic mass is 35.5. The molecule has 25 heavy (non-hydrogen) atoms. The lowest BCUT2D eigenvalue weighted by molar-refractivity contribution is -0.138. The fraction of sp³-hybridized carbons (Fsp3) is 0.158. The fourth-order valence-corrected chi connectivity index (χ4v) is 2.50. The first-order valence-corrected chi connectivity index (χ1v) is 8.31. The zero-order valence-electron chi connectivity index (χ0n) is 13.6. The molecule has 0 fully saturated rings. The number of nitrogens with one attached hydrogen (secondary N) is 1. The number of carbonyl (C=O) groups is 2. The summed E-state index contributed by atoms with van der Waals surface area (Å²) in [5.74, 6) is -0.695. The molecule has 0 aliphatic heterocycles. The van der Waals surface area contributed by atoms with Crippen LogP contribution in [-0.2, 0) is 9.53 Å². The number of benzene rings is 2. The molecule has 6 heteroatoms. The Kier molecular flexibility index (Phi) is 6.62. The van der Waals surface area contributed by atoms with E-state index in [9.17, 15) is 9.59 Å². The van der Waals surface area contributed by atoms with Crippen LogP contribution in [0.1, 0.15) is 22.8 Å². The Balaban J connectivity index is 2.15. The van der Waals surface area contributed by atoms with Gasteiger partial charge in [-0.3, -0.25) is 4.79 Å². The number of carbonyl (C=O) groups excluding carboxylic acids is 2. The number of ether oxygens (including phenoxy) is 1. The Morgan fingerprint density at radius 1 is 1.12 bits per heavy atom. The van der Waals surface area contributed by atoms with Crippen LogP contribution in [0, 0.1) is 0 Å². The van der Waals surface area contributed by atoms with Crippen molar-refractivity contribution in [3.63, 3.8) is 0 Å². The second kappa shape index (κ2) is 8.70. The molecule has 1 N–H and O–H groups in total. The molecule has 0 aliphatic carbocycles. The van der Waals surface area contributed by atoms with Crippen molar-refractivity contribution in [1.29, 1.82) is 0 Å². The molecular weight excluding hydrogens is 361 g/mol. The van der Waals surface area contributed by atoms with E-state index in [-0.39, 0.29) is 12.4 Å². The predicted octanol–water partition coefficient (Wildman–Crippen LogP) is 4.76. The van der Waals surface area contributed by atoms with Crippen LogP contribution in [-0.4, -0.2) is 24.9 Å². The van der Waals surface area contributed by atoms with Gasteiger partial charge in [0.25, 0.3) is 0 Å². The van der Waals surface area contributed by atoms with Crippen molar-refractivity contribution in [3.8, 4) is 0 Å². The Bertz CT molecular complexity index is 818. The van der Waals surface area contributed by atoms with Crippen LogP contribution < -0.4 is 5.32 Å². The Morgan fingerprint density at radius 3 is 2.52 bits per heavy atom. The molecule has 0 heterocycles. The van der Waals surface area contributed by atoms with Crippen molar-refractivity contribution in [2.45, 2.75) is 6.92 Å². The van der Waals surface area contributed by atoms with Crippen molar-refractivity contribution < 1.29 is 14.3 Å². The van der Waals surface area contributed by atoms with Crippen LogP contribution in [0.3, 0.4) is 0 Å². The van der Waals surface area contributed by atoms with E-state index in [0.29, 0.717) is 39.0 Å². The van der Waals surface area contributed by atoms with Gasteiger partial charge in [0.2, 0.25) is 0 Å². The lowest BCUT2D eigenvalue weighted by Gasteiger charge is -2.13. The molecule has 0 aliphatic rings. The maximum absolute atomic E-state index is 12.8. The normalized spacial score (nSPS) is 10.2. The molecule has 0 saturated carbocycles. The van der Waals surface area contributed by atoms with Gasteiger partial charge in [0.15, 0.2) is 5.78 Å². The molecular formula is C19H17Cl2NO3. The average Bonchev–Trinajstić information content (AvgIpc) is 2.59. The first kappa shape index (κ1) is 19.0. The Labute approximate surface area is 156 Å². The summed E-state index contributed by atoms with van der Waals surface area (Å²) in [7, 11) is 0. The van der Waals surface area contributed by atoms with Gasteiger partial charge >= 0.3 is 5.97 Å². The highest BCUT2D eigenvalue weighted by Crippen LogP contribution is 2.26. The number of anilines is 1. The number of rotatable bonds is 7. The zero-order valence-corrected chi connectivity index (χ0v) is 15.2. The van der Waals surface area contributed by atoms with Crippen molar-refractivity contribution in [3.05, 3.63) is 75.8 Å². The van der Waals surface area contributed by atoms with Gasteiger partial charge in [-0.15, -0.1) is 0 Å². The van der Waals surface area contributed by atoms with Gasteiger partial charge in [-0.2, -0.15) is 0 Å². The maximum Gasteiger partial charge on any atom is 0.333 e. The first-order valence-electron chi connectivity index (χ1n) is 7.55. The summed E-state index contributed by atoms with van der Waals surface area (Å²) >= 11 is 12.1. The second-order valence-corrected chi connectivity index (χ2v) is 6.19. The largest absolute Gasteiger partial charge is 0.460 e. The van der Waals surface area contributed by atoms with Crippen molar-refractivity contribution in [2.24, 2.45) is 0 Å². The minimum atomic E-state index is -0.453. The molecule has 0 amide bonds. The quantitative estimate of drug-likeness (QED) is 0.327. The molecule has 0 atom stereocenters. The summed E-state index contributed by atoms with van der Waals surface area (Å²) in [5.41, 5.74) is 1.71. The molecule has 0 aromatic heterocycles. The molecule has 0 bridgehead atoms. The molecule has 0 unspecified atom stereocenters. The van der Waals surface area contributed by atoms with Crippen LogP contribution in [0.2, 0.25) is 10.0 Å². The minimum absolute atomic E-state index is 0.147. The van der Waals surface area contributed by atoms with Crippen LogP contribution in [0.25, 0.3) is 0 Å². The molecule has 0 radical (unpaired) electrons. The molecule has 0 spiro atoms. The van der Waals surface area contributed by atoms with Crippen molar-refractivity contribution in [1.82, 2.24) is 0 Å². The number of hydrogen-bond donors (Lipinski definition) is 1. The van der Waals surface area contributed by atoms with Gasteiger partial charge in [0.05, 0.1) is 5.02 Å². The van der Waals surface area contributed by atoms with E-state index >= 15 is 0 Å². The average molecular weight is 378 g/mol. The van der Waals surface area contributed by atoms with E-state index in [1.165, 1.54) is 0 Å². The third kappa shape index (κ3) is 5.08. The van der Waals surface area contributed by atoms with Crippen LogP contribution in [0.15, 0.2) is 54.6 Å². The molecule has 0 saturated heterocycles. The number of esters is 1. The van der Waals surface area contributed by atoms with Crippen LogP contribution in [0.4, 0.5) is 5.69 Å². The van der Waals surface area contributed by atoms with Gasteiger partial charge < -0.3 is 10.1 Å². The predicted molar refractivity (Wildman–Crippen MR) is 101 cm³/mol. The van der Waals surface area contributed by atoms with Gasteiger partial charge in [-0.05, 0) is 37.3 Å². The topological polar surface area (TPSA) is 55.4 Å². The maximum atomic E-state index is 12.8. The summed E-state index contributed by atoms with van der Waals surface area (Å²) in [6.07, 6.45) is 0. The van der Waals surface area contributed by atoms with E-state index in [4.69, 9.17) is 27.9 Å². The molecule has 130 valence electrons. The summed E-state index contributed by atoms with van der Waals surface area (Å²) in [6.45, 7) is 5.58. The van der Waals surface area contributed by atoms with E-state index in [1.54, 1.807) is 49.4 Å². The van der Waals surface area contributed by atoms with Crippen molar-refractivity contribution >= 4 is 40.6 Å². The van der Waals surface area contributed by atoms with Gasteiger partial charge in [0, 0.05) is 34.0 Å². The standard InChI is InChI=1S/C19H17Cl2NO3/c1-12(2)19(24)25-10-9-22-17-8-7-13(20)11-15(17)18(23)14-5-3-4-6-16(14)21/h3-8,11,22H,1,9-10H2,2H3. The van der Waals surface area contributed by atoms with E-state index in [1.807, 2.05) is 0 Å². The third-order valence-electron chi connectivity index (χ3n) is 3.34. The van der Waals surface area contributed by atoms with Gasteiger partial charge in [-0.1, -0.05) is 41.9 Å². The smallest absolute Gasteiger partial charge is 0.333 e. The second-order valence-electron chi connectivity index (χ2n) is 5.34. The van der Waals surface area contributed by atoms with Crippen molar-refractivity contribution in [2.75, 3.05) is 18.5 Å². The van der Waals surface area contributed by atoms with Gasteiger partial charge in [-0.25, -0.2) is 4.79 Å². The Hall–Kier alpha value is -2.30. The third-order valence-corrected chi connectivity index (χ3v) is 3.91. The van der Waals surface area contributed by atoms with E-state index < -0.39 is 5.97 Å². The van der Waals surface area contributed by atoms with Gasteiger partial charge in [0.1, 0.15) is 6.61 Å². The molecule has 2 aromatic carbocycles. The monoisotopic (exact) mass is 377 g/mol. The summed E-state index contributed by atoms with van der Waals surface area (Å²) in [5, 5.41) is 3.88. The highest BCUT2D eigenvalue weighted by molar-refractivity contribution is 6.35. The zero-order chi connectivity index (χ0) is 18.4. The summed E-state index contributed by atoms with van der Waals surface area (Å²) in [6, 6.07) is 11.8. The van der Waals surface area contributed by atoms with E-state index in [2.05, 4.69) is 11.9 Å².